The highest BCUT2D eigenvalue weighted by atomic mass is 35.5. The van der Waals surface area contributed by atoms with Crippen LogP contribution in [0.3, 0.4) is 0 Å². The van der Waals surface area contributed by atoms with E-state index in [2.05, 4.69) is 4.40 Å². The molecule has 1 aromatic heterocycles. The highest BCUT2D eigenvalue weighted by Gasteiger charge is 2.15. The lowest BCUT2D eigenvalue weighted by Gasteiger charge is -2.06. The highest BCUT2D eigenvalue weighted by molar-refractivity contribution is 7.90. The topological polar surface area (TPSA) is 69.9 Å². The van der Waals surface area contributed by atoms with Gasteiger partial charge >= 0.3 is 0 Å². The van der Waals surface area contributed by atoms with Crippen molar-refractivity contribution in [2.75, 3.05) is 20.3 Å². The van der Waals surface area contributed by atoms with Crippen LogP contribution in [0.5, 0.6) is 5.75 Å². The molecule has 0 unspecified atom stereocenters. The summed E-state index contributed by atoms with van der Waals surface area (Å²) >= 11 is 7.14. The van der Waals surface area contributed by atoms with Gasteiger partial charge in [0.1, 0.15) is 5.75 Å². The molecule has 0 fully saturated rings. The number of halogens is 1. The lowest BCUT2D eigenvalue weighted by atomic mass is 10.3. The summed E-state index contributed by atoms with van der Waals surface area (Å²) in [7, 11) is -2.27. The van der Waals surface area contributed by atoms with Crippen molar-refractivity contribution in [3.63, 3.8) is 0 Å². The van der Waals surface area contributed by atoms with Crippen molar-refractivity contribution in [1.29, 1.82) is 0 Å². The van der Waals surface area contributed by atoms with E-state index in [4.69, 9.17) is 21.1 Å². The third-order valence-electron chi connectivity index (χ3n) is 3.86. The molecule has 0 aliphatic heterocycles. The Morgan fingerprint density at radius 3 is 2.59 bits per heavy atom. The molecule has 144 valence electrons. The fourth-order valence-corrected chi connectivity index (χ4v) is 4.94. The standard InChI is InChI=1S/C18H19ClN2O4S2/c1-3-25-11-10-21-16-9-6-14(24-2)12-17(16)26-18(21)20-27(22,23)15-7-4-13(19)5-8-15/h4-9,12H,3,10-11H2,1-2H3. The summed E-state index contributed by atoms with van der Waals surface area (Å²) in [5.74, 6) is 0.702. The number of aromatic nitrogens is 1. The van der Waals surface area contributed by atoms with Crippen molar-refractivity contribution in [3.05, 3.63) is 52.3 Å². The molecule has 0 atom stereocenters. The predicted molar refractivity (Wildman–Crippen MR) is 107 cm³/mol. The van der Waals surface area contributed by atoms with Crippen LogP contribution in [0.2, 0.25) is 5.02 Å². The van der Waals surface area contributed by atoms with Crippen molar-refractivity contribution in [2.45, 2.75) is 18.4 Å². The van der Waals surface area contributed by atoms with Crippen LogP contribution in [0.4, 0.5) is 0 Å². The summed E-state index contributed by atoms with van der Waals surface area (Å²) in [4.78, 5) is 0.478. The second kappa shape index (κ2) is 8.43. The summed E-state index contributed by atoms with van der Waals surface area (Å²) in [6.45, 7) is 3.46. The molecule has 1 heterocycles. The van der Waals surface area contributed by atoms with E-state index in [0.717, 1.165) is 10.2 Å². The Kier molecular flexibility index (Phi) is 6.21. The molecule has 0 spiro atoms. The monoisotopic (exact) mass is 426 g/mol. The number of thiazole rings is 1. The van der Waals surface area contributed by atoms with Gasteiger partial charge in [0.05, 0.1) is 28.8 Å². The minimum absolute atomic E-state index is 0.0956. The fraction of sp³-hybridized carbons (Fsp3) is 0.278. The van der Waals surface area contributed by atoms with E-state index in [1.807, 2.05) is 29.7 Å². The molecule has 3 rings (SSSR count). The second-order valence-electron chi connectivity index (χ2n) is 5.59. The Labute approximate surface area is 166 Å². The Hall–Kier alpha value is -1.87. The van der Waals surface area contributed by atoms with Gasteiger partial charge in [-0.2, -0.15) is 8.42 Å². The van der Waals surface area contributed by atoms with Gasteiger partial charge in [0.2, 0.25) is 4.80 Å². The van der Waals surface area contributed by atoms with Crippen LogP contribution in [-0.2, 0) is 21.3 Å². The Bertz CT molecular complexity index is 1100. The maximum absolute atomic E-state index is 12.7. The summed E-state index contributed by atoms with van der Waals surface area (Å²) in [6.07, 6.45) is 0. The first-order valence-corrected chi connectivity index (χ1v) is 10.9. The van der Waals surface area contributed by atoms with Gasteiger partial charge in [0.25, 0.3) is 10.0 Å². The highest BCUT2D eigenvalue weighted by Crippen LogP contribution is 2.24. The lowest BCUT2D eigenvalue weighted by Crippen LogP contribution is -2.19. The number of hydrogen-bond donors (Lipinski definition) is 0. The molecule has 27 heavy (non-hydrogen) atoms. The molecule has 0 amide bonds. The number of fused-ring (bicyclic) bond motifs is 1. The molecule has 3 aromatic rings. The van der Waals surface area contributed by atoms with Crippen LogP contribution in [0.1, 0.15) is 6.92 Å². The van der Waals surface area contributed by atoms with E-state index in [1.54, 1.807) is 7.11 Å². The first-order valence-electron chi connectivity index (χ1n) is 8.26. The van der Waals surface area contributed by atoms with Gasteiger partial charge in [-0.25, -0.2) is 0 Å². The lowest BCUT2D eigenvalue weighted by molar-refractivity contribution is 0.139. The number of methoxy groups -OCH3 is 1. The molecular formula is C18H19ClN2O4S2. The normalized spacial score (nSPS) is 12.6. The molecule has 0 aliphatic rings. The molecule has 0 N–H and O–H groups in total. The van der Waals surface area contributed by atoms with E-state index >= 15 is 0 Å². The van der Waals surface area contributed by atoms with Crippen molar-refractivity contribution < 1.29 is 17.9 Å². The van der Waals surface area contributed by atoms with Crippen molar-refractivity contribution in [2.24, 2.45) is 4.40 Å². The van der Waals surface area contributed by atoms with Crippen LogP contribution in [0.25, 0.3) is 10.2 Å². The molecule has 0 saturated heterocycles. The number of nitrogens with zero attached hydrogens (tertiary/aromatic N) is 2. The Balaban J connectivity index is 2.14. The quantitative estimate of drug-likeness (QED) is 0.540. The van der Waals surface area contributed by atoms with Crippen molar-refractivity contribution >= 4 is 43.2 Å². The molecule has 0 bridgehead atoms. The van der Waals surface area contributed by atoms with Crippen LogP contribution in [0.15, 0.2) is 51.8 Å². The fourth-order valence-electron chi connectivity index (χ4n) is 2.53. The summed E-state index contributed by atoms with van der Waals surface area (Å²) < 4.78 is 43.0. The van der Waals surface area contributed by atoms with Gasteiger partial charge in [-0.15, -0.1) is 4.40 Å². The maximum atomic E-state index is 12.7. The van der Waals surface area contributed by atoms with Gasteiger partial charge < -0.3 is 14.0 Å². The zero-order valence-corrected chi connectivity index (χ0v) is 17.3. The number of sulfonamides is 1. The first-order chi connectivity index (χ1) is 12.9. The Morgan fingerprint density at radius 2 is 1.93 bits per heavy atom. The van der Waals surface area contributed by atoms with E-state index in [0.29, 0.717) is 35.3 Å². The zero-order valence-electron chi connectivity index (χ0n) is 14.9. The van der Waals surface area contributed by atoms with Gasteiger partial charge in [-0.3, -0.25) is 0 Å². The smallest absolute Gasteiger partial charge is 0.285 e. The summed E-state index contributed by atoms with van der Waals surface area (Å²) in [5.41, 5.74) is 0.880. The summed E-state index contributed by atoms with van der Waals surface area (Å²) in [5, 5.41) is 0.467. The molecular weight excluding hydrogens is 408 g/mol. The van der Waals surface area contributed by atoms with E-state index < -0.39 is 10.0 Å². The van der Waals surface area contributed by atoms with Crippen LogP contribution < -0.4 is 9.54 Å². The van der Waals surface area contributed by atoms with Crippen LogP contribution in [-0.4, -0.2) is 33.3 Å². The zero-order chi connectivity index (χ0) is 19.4. The van der Waals surface area contributed by atoms with E-state index in [9.17, 15) is 8.42 Å². The third-order valence-corrected chi connectivity index (χ3v) is 6.55. The minimum Gasteiger partial charge on any atom is -0.497 e. The predicted octanol–water partition coefficient (Wildman–Crippen LogP) is 3.69. The molecule has 6 nitrogen and oxygen atoms in total. The SMILES string of the molecule is CCOCCn1c(=NS(=O)(=O)c2ccc(Cl)cc2)sc2cc(OC)ccc21. The number of ether oxygens (including phenoxy) is 2. The van der Waals surface area contributed by atoms with Crippen LogP contribution >= 0.6 is 22.9 Å². The second-order valence-corrected chi connectivity index (χ2v) is 8.64. The van der Waals surface area contributed by atoms with Crippen molar-refractivity contribution in [1.82, 2.24) is 4.57 Å². The molecule has 0 radical (unpaired) electrons. The van der Waals surface area contributed by atoms with Gasteiger partial charge in [-0.1, -0.05) is 22.9 Å². The Morgan fingerprint density at radius 1 is 1.19 bits per heavy atom. The number of rotatable bonds is 7. The average molecular weight is 427 g/mol. The molecule has 2 aromatic carbocycles. The minimum atomic E-state index is -3.86. The number of hydrogen-bond acceptors (Lipinski definition) is 5. The van der Waals surface area contributed by atoms with Gasteiger partial charge in [0.15, 0.2) is 0 Å². The third kappa shape index (κ3) is 4.52. The largest absolute Gasteiger partial charge is 0.497 e. The molecule has 0 aliphatic carbocycles. The van der Waals surface area contributed by atoms with Gasteiger partial charge in [-0.05, 0) is 49.4 Å². The maximum Gasteiger partial charge on any atom is 0.285 e. The van der Waals surface area contributed by atoms with Gasteiger partial charge in [0, 0.05) is 18.2 Å². The number of benzene rings is 2. The molecule has 9 heteroatoms. The van der Waals surface area contributed by atoms with E-state index in [1.165, 1.54) is 35.6 Å². The summed E-state index contributed by atoms with van der Waals surface area (Å²) in [6, 6.07) is 11.6. The van der Waals surface area contributed by atoms with Crippen LogP contribution in [0, 0.1) is 0 Å². The first kappa shape index (κ1) is 19.9. The molecule has 0 saturated carbocycles. The average Bonchev–Trinajstić information content (AvgIpc) is 2.98. The van der Waals surface area contributed by atoms with Crippen molar-refractivity contribution in [3.8, 4) is 5.75 Å². The van der Waals surface area contributed by atoms with E-state index in [-0.39, 0.29) is 4.90 Å².